The fourth-order valence-electron chi connectivity index (χ4n) is 4.68. The zero-order valence-corrected chi connectivity index (χ0v) is 15.0. The molecule has 22 heavy (non-hydrogen) atoms. The monoisotopic (exact) mass is 306 g/mol. The summed E-state index contributed by atoms with van der Waals surface area (Å²) in [5.41, 5.74) is 0. The van der Waals surface area contributed by atoms with Crippen LogP contribution in [0.15, 0.2) is 0 Å². The van der Waals surface area contributed by atoms with Gasteiger partial charge in [-0.05, 0) is 31.1 Å². The molecule has 0 radical (unpaired) electrons. The van der Waals surface area contributed by atoms with Gasteiger partial charge in [0.2, 0.25) is 0 Å². The molecule has 0 aromatic carbocycles. The third-order valence-corrected chi connectivity index (χ3v) is 6.28. The summed E-state index contributed by atoms with van der Waals surface area (Å²) in [5, 5.41) is 0. The number of unbranched alkanes of at least 4 members (excludes halogenated alkanes) is 3. The molecule has 0 amide bonds. The standard InChI is InChI=1S/C21H38O/c1-2-3-4-9-18-14-16-19(17-15-18)10-5-6-11-20-12-7-8-13-21(20)22/h18-20H,2-17H2,1H3/t18-,19-,20?. The number of carbonyl (C=O) groups is 1. The molecule has 0 spiro atoms. The molecule has 0 N–H and O–H groups in total. The van der Waals surface area contributed by atoms with Gasteiger partial charge in [-0.1, -0.05) is 84.0 Å². The molecule has 1 nitrogen and oxygen atoms in total. The van der Waals surface area contributed by atoms with Gasteiger partial charge in [0.1, 0.15) is 5.78 Å². The molecule has 128 valence electrons. The van der Waals surface area contributed by atoms with Crippen molar-refractivity contribution in [3.8, 4) is 0 Å². The molecule has 0 saturated heterocycles. The van der Waals surface area contributed by atoms with Crippen LogP contribution in [0.2, 0.25) is 0 Å². The quantitative estimate of drug-likeness (QED) is 0.433. The second-order valence-electron chi connectivity index (χ2n) is 8.08. The number of carbonyl (C=O) groups excluding carboxylic acids is 1. The van der Waals surface area contributed by atoms with Gasteiger partial charge in [-0.15, -0.1) is 0 Å². The Morgan fingerprint density at radius 2 is 1.36 bits per heavy atom. The molecular weight excluding hydrogens is 268 g/mol. The summed E-state index contributed by atoms with van der Waals surface area (Å²) in [4.78, 5) is 11.8. The van der Waals surface area contributed by atoms with Crippen LogP contribution in [0.25, 0.3) is 0 Å². The Labute approximate surface area is 138 Å². The Bertz CT molecular complexity index is 301. The molecule has 1 atom stereocenters. The van der Waals surface area contributed by atoms with Crippen molar-refractivity contribution in [3.05, 3.63) is 0 Å². The molecule has 1 unspecified atom stereocenters. The van der Waals surface area contributed by atoms with Crippen LogP contribution < -0.4 is 0 Å². The maximum Gasteiger partial charge on any atom is 0.135 e. The van der Waals surface area contributed by atoms with Gasteiger partial charge in [-0.25, -0.2) is 0 Å². The molecular formula is C21H38O. The first-order valence-electron chi connectivity index (χ1n) is 10.3. The van der Waals surface area contributed by atoms with Gasteiger partial charge in [0.15, 0.2) is 0 Å². The Morgan fingerprint density at radius 3 is 1.95 bits per heavy atom. The minimum absolute atomic E-state index is 0.433. The number of Topliss-reactive ketones (excluding diaryl/α,β-unsaturated/α-hetero) is 1. The van der Waals surface area contributed by atoms with E-state index in [9.17, 15) is 4.79 Å². The minimum Gasteiger partial charge on any atom is -0.299 e. The first-order valence-corrected chi connectivity index (χ1v) is 10.3. The Kier molecular flexibility index (Phi) is 8.55. The lowest BCUT2D eigenvalue weighted by Crippen LogP contribution is -2.19. The van der Waals surface area contributed by atoms with Gasteiger partial charge in [0, 0.05) is 12.3 Å². The second kappa shape index (κ2) is 10.4. The molecule has 0 heterocycles. The smallest absolute Gasteiger partial charge is 0.135 e. The SMILES string of the molecule is CCCCC[C@H]1CC[C@H](CCCCC2CCCCC2=O)CC1. The Hall–Kier alpha value is -0.330. The number of ketones is 1. The van der Waals surface area contributed by atoms with E-state index < -0.39 is 0 Å². The molecule has 2 saturated carbocycles. The van der Waals surface area contributed by atoms with Crippen molar-refractivity contribution in [2.75, 3.05) is 0 Å². The third-order valence-electron chi connectivity index (χ3n) is 6.28. The first-order chi connectivity index (χ1) is 10.8. The van der Waals surface area contributed by atoms with E-state index in [0.717, 1.165) is 24.7 Å². The summed E-state index contributed by atoms with van der Waals surface area (Å²) in [6, 6.07) is 0. The molecule has 2 aliphatic carbocycles. The maximum atomic E-state index is 11.8. The summed E-state index contributed by atoms with van der Waals surface area (Å²) in [7, 11) is 0. The van der Waals surface area contributed by atoms with Crippen molar-refractivity contribution in [2.24, 2.45) is 17.8 Å². The topological polar surface area (TPSA) is 17.1 Å². The van der Waals surface area contributed by atoms with Gasteiger partial charge >= 0.3 is 0 Å². The van der Waals surface area contributed by atoms with Crippen LogP contribution in [0.4, 0.5) is 0 Å². The van der Waals surface area contributed by atoms with Crippen LogP contribution in [-0.4, -0.2) is 5.78 Å². The van der Waals surface area contributed by atoms with Crippen molar-refractivity contribution in [1.29, 1.82) is 0 Å². The summed E-state index contributed by atoms with van der Waals surface area (Å²) in [5.74, 6) is 3.05. The van der Waals surface area contributed by atoms with Crippen LogP contribution in [-0.2, 0) is 4.79 Å². The molecule has 0 bridgehead atoms. The third kappa shape index (κ3) is 6.42. The number of hydrogen-bond donors (Lipinski definition) is 0. The lowest BCUT2D eigenvalue weighted by Gasteiger charge is -2.28. The molecule has 2 rings (SSSR count). The van der Waals surface area contributed by atoms with Crippen LogP contribution in [0, 0.1) is 17.8 Å². The number of rotatable bonds is 9. The minimum atomic E-state index is 0.433. The van der Waals surface area contributed by atoms with Crippen molar-refractivity contribution in [1.82, 2.24) is 0 Å². The van der Waals surface area contributed by atoms with E-state index in [-0.39, 0.29) is 0 Å². The fourth-order valence-corrected chi connectivity index (χ4v) is 4.68. The van der Waals surface area contributed by atoms with Crippen LogP contribution >= 0.6 is 0 Å². The summed E-state index contributed by atoms with van der Waals surface area (Å²) < 4.78 is 0. The molecule has 2 aliphatic rings. The predicted octanol–water partition coefficient (Wildman–Crippen LogP) is 6.69. The Morgan fingerprint density at radius 1 is 0.773 bits per heavy atom. The van der Waals surface area contributed by atoms with E-state index in [0.29, 0.717) is 11.7 Å². The maximum absolute atomic E-state index is 11.8. The highest BCUT2D eigenvalue weighted by Crippen LogP contribution is 2.35. The van der Waals surface area contributed by atoms with Gasteiger partial charge in [0.25, 0.3) is 0 Å². The van der Waals surface area contributed by atoms with Gasteiger partial charge in [-0.3, -0.25) is 4.79 Å². The van der Waals surface area contributed by atoms with E-state index in [2.05, 4.69) is 6.92 Å². The average molecular weight is 307 g/mol. The summed E-state index contributed by atoms with van der Waals surface area (Å²) >= 11 is 0. The van der Waals surface area contributed by atoms with E-state index in [4.69, 9.17) is 0 Å². The average Bonchev–Trinajstić information content (AvgIpc) is 2.55. The van der Waals surface area contributed by atoms with Crippen molar-refractivity contribution < 1.29 is 4.79 Å². The van der Waals surface area contributed by atoms with Crippen molar-refractivity contribution >= 4 is 5.78 Å². The van der Waals surface area contributed by atoms with Crippen LogP contribution in [0.3, 0.4) is 0 Å². The lowest BCUT2D eigenvalue weighted by atomic mass is 9.77. The normalized spacial score (nSPS) is 29.7. The van der Waals surface area contributed by atoms with Gasteiger partial charge in [0.05, 0.1) is 0 Å². The first kappa shape index (κ1) is 18.0. The molecule has 2 fully saturated rings. The van der Waals surface area contributed by atoms with E-state index in [1.807, 2.05) is 0 Å². The second-order valence-corrected chi connectivity index (χ2v) is 8.08. The van der Waals surface area contributed by atoms with Gasteiger partial charge < -0.3 is 0 Å². The predicted molar refractivity (Wildman–Crippen MR) is 95.0 cm³/mol. The van der Waals surface area contributed by atoms with Gasteiger partial charge in [-0.2, -0.15) is 0 Å². The summed E-state index contributed by atoms with van der Waals surface area (Å²) in [6.07, 6.45) is 21.5. The van der Waals surface area contributed by atoms with Crippen molar-refractivity contribution in [2.45, 2.75) is 110 Å². The largest absolute Gasteiger partial charge is 0.299 e. The van der Waals surface area contributed by atoms with Crippen LogP contribution in [0.1, 0.15) is 110 Å². The number of hydrogen-bond acceptors (Lipinski definition) is 1. The fraction of sp³-hybridized carbons (Fsp3) is 0.952. The molecule has 1 heteroatoms. The van der Waals surface area contributed by atoms with E-state index in [1.54, 1.807) is 0 Å². The lowest BCUT2D eigenvalue weighted by molar-refractivity contribution is -0.124. The molecule has 0 aromatic rings. The molecule has 0 aromatic heterocycles. The highest BCUT2D eigenvalue weighted by molar-refractivity contribution is 5.81. The Balaban J connectivity index is 1.49. The van der Waals surface area contributed by atoms with Crippen molar-refractivity contribution in [3.63, 3.8) is 0 Å². The zero-order valence-electron chi connectivity index (χ0n) is 15.0. The van der Waals surface area contributed by atoms with E-state index in [1.165, 1.54) is 89.9 Å². The summed E-state index contributed by atoms with van der Waals surface area (Å²) in [6.45, 7) is 2.30. The zero-order chi connectivity index (χ0) is 15.6. The highest BCUT2D eigenvalue weighted by atomic mass is 16.1. The molecule has 0 aliphatic heterocycles. The van der Waals surface area contributed by atoms with Crippen LogP contribution in [0.5, 0.6) is 0 Å². The van der Waals surface area contributed by atoms with E-state index >= 15 is 0 Å². The highest BCUT2D eigenvalue weighted by Gasteiger charge is 2.23.